The molecule has 2 aromatic carbocycles. The van der Waals surface area contributed by atoms with Crippen LogP contribution < -0.4 is 5.73 Å². The molecule has 1 aliphatic rings. The van der Waals surface area contributed by atoms with E-state index in [1.165, 1.54) is 23.3 Å². The van der Waals surface area contributed by atoms with Crippen molar-refractivity contribution in [3.63, 3.8) is 0 Å². The van der Waals surface area contributed by atoms with Crippen molar-refractivity contribution in [3.05, 3.63) is 63.1 Å². The second kappa shape index (κ2) is 5.58. The van der Waals surface area contributed by atoms with E-state index in [-0.39, 0.29) is 21.7 Å². The average Bonchev–Trinajstić information content (AvgIpc) is 2.45. The van der Waals surface area contributed by atoms with Crippen LogP contribution in [0.3, 0.4) is 0 Å². The van der Waals surface area contributed by atoms with E-state index in [1.807, 2.05) is 12.1 Å². The maximum atomic E-state index is 12.0. The van der Waals surface area contributed by atoms with E-state index in [2.05, 4.69) is 12.1 Å². The van der Waals surface area contributed by atoms with Gasteiger partial charge >= 0.3 is 5.97 Å². The molecule has 21 heavy (non-hydrogen) atoms. The number of nitrogen functional groups attached to an aromatic ring is 1. The number of hydrogen-bond donors (Lipinski definition) is 1. The molecule has 2 N–H and O–H groups in total. The van der Waals surface area contributed by atoms with E-state index in [0.717, 1.165) is 6.42 Å². The van der Waals surface area contributed by atoms with Crippen molar-refractivity contribution >= 4 is 34.9 Å². The molecule has 108 valence electrons. The Bertz CT molecular complexity index is 692. The third kappa shape index (κ3) is 2.71. The molecule has 3 rings (SSSR count). The summed E-state index contributed by atoms with van der Waals surface area (Å²) in [6.45, 7) is 0.357. The third-order valence-corrected chi connectivity index (χ3v) is 4.49. The summed E-state index contributed by atoms with van der Waals surface area (Å²) in [6.07, 6.45) is 0.937. The summed E-state index contributed by atoms with van der Waals surface area (Å²) in [6, 6.07) is 11.1. The van der Waals surface area contributed by atoms with Gasteiger partial charge in [-0.1, -0.05) is 47.5 Å². The Hall–Kier alpha value is -1.71. The predicted molar refractivity (Wildman–Crippen MR) is 84.0 cm³/mol. The first-order valence-electron chi connectivity index (χ1n) is 6.55. The molecule has 0 fully saturated rings. The minimum Gasteiger partial charge on any atom is -0.461 e. The van der Waals surface area contributed by atoms with E-state index in [1.54, 1.807) is 0 Å². The van der Waals surface area contributed by atoms with Crippen LogP contribution in [0.4, 0.5) is 5.69 Å². The lowest BCUT2D eigenvalue weighted by Crippen LogP contribution is -2.23. The van der Waals surface area contributed by atoms with Crippen LogP contribution in [0.2, 0.25) is 10.0 Å². The quantitative estimate of drug-likeness (QED) is 0.684. The number of halogens is 2. The van der Waals surface area contributed by atoms with Crippen molar-refractivity contribution in [2.45, 2.75) is 12.3 Å². The maximum Gasteiger partial charge on any atom is 0.338 e. The van der Waals surface area contributed by atoms with E-state index in [9.17, 15) is 4.79 Å². The van der Waals surface area contributed by atoms with Gasteiger partial charge in [0.25, 0.3) is 0 Å². The molecular weight excluding hydrogens is 309 g/mol. The zero-order valence-corrected chi connectivity index (χ0v) is 12.6. The minimum atomic E-state index is -0.440. The standard InChI is InChI=1S/C16H13Cl2NO2/c17-13-6-10(7-14(19)15(13)18)16(20)21-8-11-5-9-3-1-2-4-12(9)11/h1-4,6-7,11H,5,8,19H2. The van der Waals surface area contributed by atoms with E-state index in [4.69, 9.17) is 33.7 Å². The number of rotatable bonds is 3. The highest BCUT2D eigenvalue weighted by molar-refractivity contribution is 6.43. The summed E-state index contributed by atoms with van der Waals surface area (Å²) < 4.78 is 5.34. The summed E-state index contributed by atoms with van der Waals surface area (Å²) in [7, 11) is 0. The van der Waals surface area contributed by atoms with Crippen molar-refractivity contribution in [3.8, 4) is 0 Å². The molecule has 2 aromatic rings. The first-order chi connectivity index (χ1) is 10.1. The summed E-state index contributed by atoms with van der Waals surface area (Å²) in [4.78, 5) is 12.0. The number of anilines is 1. The Labute approximate surface area is 132 Å². The number of hydrogen-bond acceptors (Lipinski definition) is 3. The molecule has 0 spiro atoms. The molecule has 1 aliphatic carbocycles. The topological polar surface area (TPSA) is 52.3 Å². The van der Waals surface area contributed by atoms with Gasteiger partial charge in [-0.2, -0.15) is 0 Å². The molecule has 3 nitrogen and oxygen atoms in total. The van der Waals surface area contributed by atoms with Crippen LogP contribution in [0.25, 0.3) is 0 Å². The lowest BCUT2D eigenvalue weighted by Gasteiger charge is -2.29. The normalized spacial score (nSPS) is 16.0. The van der Waals surface area contributed by atoms with E-state index >= 15 is 0 Å². The SMILES string of the molecule is Nc1cc(C(=O)OCC2Cc3ccccc32)cc(Cl)c1Cl. The Morgan fingerprint density at radius 2 is 2.05 bits per heavy atom. The van der Waals surface area contributed by atoms with Crippen LogP contribution in [0.15, 0.2) is 36.4 Å². The maximum absolute atomic E-state index is 12.0. The van der Waals surface area contributed by atoms with Crippen LogP contribution in [0.5, 0.6) is 0 Å². The first kappa shape index (κ1) is 14.2. The molecule has 0 aromatic heterocycles. The molecule has 0 saturated heterocycles. The summed E-state index contributed by atoms with van der Waals surface area (Å²) in [5, 5.41) is 0.499. The van der Waals surface area contributed by atoms with Gasteiger partial charge in [-0.15, -0.1) is 0 Å². The largest absolute Gasteiger partial charge is 0.461 e. The molecular formula is C16H13Cl2NO2. The van der Waals surface area contributed by atoms with Gasteiger partial charge < -0.3 is 10.5 Å². The monoisotopic (exact) mass is 321 g/mol. The molecule has 0 radical (unpaired) electrons. The zero-order chi connectivity index (χ0) is 15.0. The summed E-state index contributed by atoms with van der Waals surface area (Å²) in [5.41, 5.74) is 8.84. The second-order valence-corrected chi connectivity index (χ2v) is 5.84. The smallest absolute Gasteiger partial charge is 0.338 e. The minimum absolute atomic E-state index is 0.248. The average molecular weight is 322 g/mol. The van der Waals surface area contributed by atoms with Gasteiger partial charge in [-0.25, -0.2) is 4.79 Å². The van der Waals surface area contributed by atoms with Crippen LogP contribution in [0, 0.1) is 0 Å². The summed E-state index contributed by atoms with van der Waals surface area (Å²) >= 11 is 11.8. The zero-order valence-electron chi connectivity index (χ0n) is 11.1. The highest BCUT2D eigenvalue weighted by atomic mass is 35.5. The highest BCUT2D eigenvalue weighted by Crippen LogP contribution is 2.35. The fourth-order valence-corrected chi connectivity index (χ4v) is 2.83. The van der Waals surface area contributed by atoms with Crippen molar-refractivity contribution in [1.29, 1.82) is 0 Å². The van der Waals surface area contributed by atoms with Crippen LogP contribution >= 0.6 is 23.2 Å². The van der Waals surface area contributed by atoms with Gasteiger partial charge in [0.05, 0.1) is 27.9 Å². The Balaban J connectivity index is 1.66. The number of fused-ring (bicyclic) bond motifs is 1. The van der Waals surface area contributed by atoms with Crippen LogP contribution in [-0.4, -0.2) is 12.6 Å². The van der Waals surface area contributed by atoms with Gasteiger partial charge in [0.15, 0.2) is 0 Å². The molecule has 5 heteroatoms. The predicted octanol–water partition coefficient (Wildman–Crippen LogP) is 4.07. The molecule has 0 aliphatic heterocycles. The number of esters is 1. The summed E-state index contributed by atoms with van der Waals surface area (Å²) in [5.74, 6) is -0.171. The van der Waals surface area contributed by atoms with Gasteiger partial charge in [-0.05, 0) is 29.7 Å². The third-order valence-electron chi connectivity index (χ3n) is 3.67. The lowest BCUT2D eigenvalue weighted by atomic mass is 9.78. The molecule has 0 amide bonds. The van der Waals surface area contributed by atoms with Crippen molar-refractivity contribution in [2.24, 2.45) is 0 Å². The van der Waals surface area contributed by atoms with Gasteiger partial charge in [0.1, 0.15) is 0 Å². The fourth-order valence-electron chi connectivity index (χ4n) is 2.50. The number of carbonyl (C=O) groups excluding carboxylic acids is 1. The molecule has 0 heterocycles. The van der Waals surface area contributed by atoms with Gasteiger partial charge in [-0.3, -0.25) is 0 Å². The van der Waals surface area contributed by atoms with E-state index < -0.39 is 5.97 Å². The fraction of sp³-hybridized carbons (Fsp3) is 0.188. The van der Waals surface area contributed by atoms with Crippen LogP contribution in [-0.2, 0) is 11.2 Å². The second-order valence-electron chi connectivity index (χ2n) is 5.06. The number of ether oxygens (including phenoxy) is 1. The Morgan fingerprint density at radius 3 is 2.76 bits per heavy atom. The van der Waals surface area contributed by atoms with Gasteiger partial charge in [0, 0.05) is 5.92 Å². The Kier molecular flexibility index (Phi) is 3.79. The van der Waals surface area contributed by atoms with Crippen LogP contribution in [0.1, 0.15) is 27.4 Å². The molecule has 0 bridgehead atoms. The molecule has 1 unspecified atom stereocenters. The van der Waals surface area contributed by atoms with Gasteiger partial charge in [0.2, 0.25) is 0 Å². The lowest BCUT2D eigenvalue weighted by molar-refractivity contribution is 0.0469. The molecule has 0 saturated carbocycles. The van der Waals surface area contributed by atoms with Crippen molar-refractivity contribution < 1.29 is 9.53 Å². The highest BCUT2D eigenvalue weighted by Gasteiger charge is 2.26. The number of nitrogens with two attached hydrogens (primary N) is 1. The number of carbonyl (C=O) groups is 1. The Morgan fingerprint density at radius 1 is 1.29 bits per heavy atom. The first-order valence-corrected chi connectivity index (χ1v) is 7.31. The number of benzene rings is 2. The molecule has 1 atom stereocenters. The van der Waals surface area contributed by atoms with Crippen molar-refractivity contribution in [1.82, 2.24) is 0 Å². The van der Waals surface area contributed by atoms with E-state index in [0.29, 0.717) is 12.2 Å². The van der Waals surface area contributed by atoms with Crippen molar-refractivity contribution in [2.75, 3.05) is 12.3 Å².